The average molecular weight is 585 g/mol. The molecule has 4 aromatic carbocycles. The summed E-state index contributed by atoms with van der Waals surface area (Å²) in [7, 11) is 0. The third-order valence-corrected chi connectivity index (χ3v) is 6.88. The van der Waals surface area contributed by atoms with E-state index in [-0.39, 0.29) is 28.6 Å². The number of amides is 3. The number of nitro groups is 1. The highest BCUT2D eigenvalue weighted by atomic mass is 32.2. The maximum atomic E-state index is 14.4. The minimum Gasteiger partial charge on any atom is -0.325 e. The standard InChI is InChI=1S/C31H25FN4O5S/c1-20-16-24(36(40)41)14-15-27(20)34-29(37)19-42-25-12-7-11-23(18-25)33-31(39)28(17-22-10-5-6-13-26(22)32)35-30(38)21-8-3-2-4-9-21/h2-18H,19H2,1H3,(H,33,39)(H,34,37)(H,35,38)/b28-17-. The molecule has 0 radical (unpaired) electrons. The van der Waals surface area contributed by atoms with Gasteiger partial charge in [-0.3, -0.25) is 24.5 Å². The molecule has 0 atom stereocenters. The van der Waals surface area contributed by atoms with E-state index in [1.807, 2.05) is 0 Å². The third kappa shape index (κ3) is 8.12. The Kier molecular flexibility index (Phi) is 9.80. The Morgan fingerprint density at radius 1 is 0.905 bits per heavy atom. The first-order chi connectivity index (χ1) is 20.2. The molecule has 0 aliphatic carbocycles. The largest absolute Gasteiger partial charge is 0.325 e. The van der Waals surface area contributed by atoms with Crippen LogP contribution < -0.4 is 16.0 Å². The van der Waals surface area contributed by atoms with Crippen LogP contribution in [0.15, 0.2) is 108 Å². The molecule has 0 aliphatic heterocycles. The van der Waals surface area contributed by atoms with Crippen LogP contribution in [0, 0.1) is 22.9 Å². The zero-order valence-electron chi connectivity index (χ0n) is 22.3. The van der Waals surface area contributed by atoms with Crippen molar-refractivity contribution in [2.45, 2.75) is 11.8 Å². The summed E-state index contributed by atoms with van der Waals surface area (Å²) in [6.45, 7) is 1.67. The van der Waals surface area contributed by atoms with Crippen molar-refractivity contribution in [3.8, 4) is 0 Å². The molecule has 3 amide bonds. The number of nitro benzene ring substituents is 1. The van der Waals surface area contributed by atoms with Crippen molar-refractivity contribution >= 4 is 52.6 Å². The molecular weight excluding hydrogens is 559 g/mol. The maximum Gasteiger partial charge on any atom is 0.272 e. The summed E-state index contributed by atoms with van der Waals surface area (Å²) in [6.07, 6.45) is 1.26. The van der Waals surface area contributed by atoms with Crippen LogP contribution in [0.2, 0.25) is 0 Å². The number of hydrogen-bond acceptors (Lipinski definition) is 6. The Labute approximate surface area is 245 Å². The van der Waals surface area contributed by atoms with E-state index in [0.717, 1.165) is 0 Å². The molecule has 0 aliphatic rings. The average Bonchev–Trinajstić information content (AvgIpc) is 2.98. The van der Waals surface area contributed by atoms with Gasteiger partial charge >= 0.3 is 0 Å². The summed E-state index contributed by atoms with van der Waals surface area (Å²) in [5.41, 5.74) is 1.64. The quantitative estimate of drug-likeness (QED) is 0.0883. The second-order valence-electron chi connectivity index (χ2n) is 8.97. The van der Waals surface area contributed by atoms with Crippen LogP contribution in [0.1, 0.15) is 21.5 Å². The lowest BCUT2D eigenvalue weighted by atomic mass is 10.1. The molecule has 0 heterocycles. The number of benzene rings is 4. The molecule has 42 heavy (non-hydrogen) atoms. The number of nitrogens with one attached hydrogen (secondary N) is 3. The van der Waals surface area contributed by atoms with Crippen molar-refractivity contribution in [1.82, 2.24) is 5.32 Å². The first-order valence-corrected chi connectivity index (χ1v) is 13.6. The van der Waals surface area contributed by atoms with Crippen molar-refractivity contribution in [3.05, 3.63) is 135 Å². The normalized spacial score (nSPS) is 11.0. The van der Waals surface area contributed by atoms with Gasteiger partial charge in [0.25, 0.3) is 17.5 Å². The number of non-ortho nitro benzene ring substituents is 1. The number of carbonyl (C=O) groups excluding carboxylic acids is 3. The van der Waals surface area contributed by atoms with E-state index in [9.17, 15) is 28.9 Å². The van der Waals surface area contributed by atoms with Crippen LogP contribution >= 0.6 is 11.8 Å². The Balaban J connectivity index is 1.44. The molecule has 9 nitrogen and oxygen atoms in total. The molecule has 0 fully saturated rings. The lowest BCUT2D eigenvalue weighted by Gasteiger charge is -2.12. The summed E-state index contributed by atoms with van der Waals surface area (Å²) < 4.78 is 14.4. The Bertz CT molecular complexity index is 1680. The van der Waals surface area contributed by atoms with Gasteiger partial charge in [0, 0.05) is 39.5 Å². The second kappa shape index (κ2) is 13.9. The third-order valence-electron chi connectivity index (χ3n) is 5.89. The van der Waals surface area contributed by atoms with Gasteiger partial charge < -0.3 is 16.0 Å². The van der Waals surface area contributed by atoms with Gasteiger partial charge in [-0.2, -0.15) is 0 Å². The van der Waals surface area contributed by atoms with Gasteiger partial charge in [-0.1, -0.05) is 42.5 Å². The van der Waals surface area contributed by atoms with Crippen molar-refractivity contribution < 1.29 is 23.7 Å². The molecule has 3 N–H and O–H groups in total. The molecule has 11 heteroatoms. The zero-order chi connectivity index (χ0) is 30.1. The Morgan fingerprint density at radius 3 is 2.36 bits per heavy atom. The van der Waals surface area contributed by atoms with E-state index in [2.05, 4.69) is 16.0 Å². The smallest absolute Gasteiger partial charge is 0.272 e. The molecule has 4 rings (SSSR count). The number of hydrogen-bond donors (Lipinski definition) is 3. The van der Waals surface area contributed by atoms with Gasteiger partial charge in [-0.05, 0) is 61.0 Å². The molecular formula is C31H25FN4O5S. The van der Waals surface area contributed by atoms with Crippen molar-refractivity contribution in [3.63, 3.8) is 0 Å². The van der Waals surface area contributed by atoms with E-state index in [4.69, 9.17) is 0 Å². The number of aryl methyl sites for hydroxylation is 1. The number of thioether (sulfide) groups is 1. The van der Waals surface area contributed by atoms with E-state index in [1.54, 1.807) is 67.6 Å². The number of carbonyl (C=O) groups is 3. The van der Waals surface area contributed by atoms with Crippen LogP contribution in [0.25, 0.3) is 6.08 Å². The highest BCUT2D eigenvalue weighted by Gasteiger charge is 2.16. The fraction of sp³-hybridized carbons (Fsp3) is 0.0645. The van der Waals surface area contributed by atoms with E-state index >= 15 is 0 Å². The number of anilines is 2. The predicted molar refractivity (Wildman–Crippen MR) is 161 cm³/mol. The maximum absolute atomic E-state index is 14.4. The van der Waals surface area contributed by atoms with Crippen molar-refractivity contribution in [2.75, 3.05) is 16.4 Å². The van der Waals surface area contributed by atoms with Gasteiger partial charge in [0.05, 0.1) is 10.7 Å². The molecule has 0 saturated heterocycles. The molecule has 0 unspecified atom stereocenters. The van der Waals surface area contributed by atoms with Gasteiger partial charge in [0.1, 0.15) is 11.5 Å². The molecule has 0 aromatic heterocycles. The predicted octanol–water partition coefficient (Wildman–Crippen LogP) is 6.18. The topological polar surface area (TPSA) is 130 Å². The molecule has 4 aromatic rings. The van der Waals surface area contributed by atoms with Crippen LogP contribution in [0.5, 0.6) is 0 Å². The van der Waals surface area contributed by atoms with E-state index in [0.29, 0.717) is 27.4 Å². The van der Waals surface area contributed by atoms with E-state index in [1.165, 1.54) is 54.2 Å². The van der Waals surface area contributed by atoms with Gasteiger partial charge in [-0.15, -0.1) is 11.8 Å². The number of nitrogens with zero attached hydrogens (tertiary/aromatic N) is 1. The summed E-state index contributed by atoms with van der Waals surface area (Å²) in [5.74, 6) is -2.04. The van der Waals surface area contributed by atoms with Crippen LogP contribution in [0.3, 0.4) is 0 Å². The van der Waals surface area contributed by atoms with Crippen LogP contribution in [0.4, 0.5) is 21.5 Å². The lowest BCUT2D eigenvalue weighted by molar-refractivity contribution is -0.384. The summed E-state index contributed by atoms with van der Waals surface area (Å²) in [6, 6.07) is 25.1. The highest BCUT2D eigenvalue weighted by Crippen LogP contribution is 2.24. The molecule has 212 valence electrons. The Morgan fingerprint density at radius 2 is 1.64 bits per heavy atom. The fourth-order valence-corrected chi connectivity index (χ4v) is 4.54. The van der Waals surface area contributed by atoms with Gasteiger partial charge in [-0.25, -0.2) is 4.39 Å². The Hall–Kier alpha value is -5.29. The minimum atomic E-state index is -0.670. The molecule has 0 saturated carbocycles. The summed E-state index contributed by atoms with van der Waals surface area (Å²) in [5, 5.41) is 19.0. The van der Waals surface area contributed by atoms with Crippen molar-refractivity contribution in [2.24, 2.45) is 0 Å². The SMILES string of the molecule is Cc1cc([N+](=O)[O-])ccc1NC(=O)CSc1cccc(NC(=O)/C(=C/c2ccccc2F)NC(=O)c2ccccc2)c1. The first-order valence-electron chi connectivity index (χ1n) is 12.6. The molecule has 0 bridgehead atoms. The monoisotopic (exact) mass is 584 g/mol. The fourth-order valence-electron chi connectivity index (χ4n) is 3.79. The summed E-state index contributed by atoms with van der Waals surface area (Å²) in [4.78, 5) is 49.7. The summed E-state index contributed by atoms with van der Waals surface area (Å²) >= 11 is 1.22. The second-order valence-corrected chi connectivity index (χ2v) is 10.0. The van der Waals surface area contributed by atoms with Gasteiger partial charge in [0.2, 0.25) is 5.91 Å². The minimum absolute atomic E-state index is 0.0411. The highest BCUT2D eigenvalue weighted by molar-refractivity contribution is 8.00. The zero-order valence-corrected chi connectivity index (χ0v) is 23.1. The van der Waals surface area contributed by atoms with Crippen LogP contribution in [-0.2, 0) is 9.59 Å². The lowest BCUT2D eigenvalue weighted by Crippen LogP contribution is -2.30. The van der Waals surface area contributed by atoms with E-state index < -0.39 is 22.6 Å². The van der Waals surface area contributed by atoms with Crippen LogP contribution in [-0.4, -0.2) is 28.4 Å². The molecule has 0 spiro atoms. The first kappa shape index (κ1) is 29.7. The van der Waals surface area contributed by atoms with Gasteiger partial charge in [0.15, 0.2) is 0 Å². The van der Waals surface area contributed by atoms with Crippen molar-refractivity contribution in [1.29, 1.82) is 0 Å². The number of rotatable bonds is 10. The number of halogens is 1.